The van der Waals surface area contributed by atoms with Crippen LogP contribution in [-0.2, 0) is 17.8 Å². The average molecular weight is 250 g/mol. The summed E-state index contributed by atoms with van der Waals surface area (Å²) in [5.74, 6) is 0.322. The second-order valence-electron chi connectivity index (χ2n) is 5.16. The van der Waals surface area contributed by atoms with Crippen molar-refractivity contribution in [3.63, 3.8) is 0 Å². The van der Waals surface area contributed by atoms with Crippen LogP contribution in [0.4, 0.5) is 0 Å². The van der Waals surface area contributed by atoms with Gasteiger partial charge in [-0.15, -0.1) is 10.2 Å². The molecule has 6 heteroatoms. The highest BCUT2D eigenvalue weighted by Crippen LogP contribution is 2.27. The third-order valence-electron chi connectivity index (χ3n) is 3.93. The van der Waals surface area contributed by atoms with Gasteiger partial charge in [0.05, 0.1) is 0 Å². The van der Waals surface area contributed by atoms with Crippen molar-refractivity contribution in [1.82, 2.24) is 20.1 Å². The zero-order chi connectivity index (χ0) is 12.5. The molecule has 98 valence electrons. The minimum absolute atomic E-state index is 0.475. The number of carboxylic acids is 1. The van der Waals surface area contributed by atoms with Crippen molar-refractivity contribution in [2.24, 2.45) is 0 Å². The Labute approximate surface area is 105 Å². The normalized spacial score (nSPS) is 27.1. The molecule has 1 fully saturated rings. The number of fused-ring (bicyclic) bond motifs is 1. The number of carbonyl (C=O) groups is 1. The Hall–Kier alpha value is -1.43. The van der Waals surface area contributed by atoms with Gasteiger partial charge in [0.15, 0.2) is 0 Å². The third-order valence-corrected chi connectivity index (χ3v) is 3.93. The van der Waals surface area contributed by atoms with Gasteiger partial charge in [-0.05, 0) is 32.2 Å². The monoisotopic (exact) mass is 250 g/mol. The van der Waals surface area contributed by atoms with Crippen molar-refractivity contribution in [3.05, 3.63) is 11.6 Å². The van der Waals surface area contributed by atoms with Crippen LogP contribution in [0.3, 0.4) is 0 Å². The predicted molar refractivity (Wildman–Crippen MR) is 64.4 cm³/mol. The van der Waals surface area contributed by atoms with Crippen molar-refractivity contribution >= 4 is 5.97 Å². The van der Waals surface area contributed by atoms with Crippen molar-refractivity contribution in [1.29, 1.82) is 0 Å². The van der Waals surface area contributed by atoms with Gasteiger partial charge in [0.2, 0.25) is 0 Å². The van der Waals surface area contributed by atoms with Crippen LogP contribution in [0.1, 0.15) is 43.3 Å². The fourth-order valence-corrected chi connectivity index (χ4v) is 2.97. The molecule has 0 radical (unpaired) electrons. The molecule has 18 heavy (non-hydrogen) atoms. The van der Waals surface area contributed by atoms with E-state index in [0.717, 1.165) is 31.8 Å². The highest BCUT2D eigenvalue weighted by Gasteiger charge is 2.31. The number of nitrogens with one attached hydrogen (secondary N) is 1. The summed E-state index contributed by atoms with van der Waals surface area (Å²) in [6, 6.07) is 0.475. The maximum atomic E-state index is 11.2. The van der Waals surface area contributed by atoms with Gasteiger partial charge in [-0.25, -0.2) is 0 Å². The first kappa shape index (κ1) is 11.6. The van der Waals surface area contributed by atoms with Gasteiger partial charge < -0.3 is 15.0 Å². The van der Waals surface area contributed by atoms with Gasteiger partial charge >= 0.3 is 5.97 Å². The van der Waals surface area contributed by atoms with Gasteiger partial charge in [-0.1, -0.05) is 0 Å². The molecule has 0 bridgehead atoms. The van der Waals surface area contributed by atoms with E-state index in [1.807, 2.05) is 4.57 Å². The second kappa shape index (κ2) is 4.68. The molecule has 0 spiro atoms. The van der Waals surface area contributed by atoms with Crippen LogP contribution in [0, 0.1) is 0 Å². The molecule has 0 amide bonds. The molecular formula is C12H18N4O2. The van der Waals surface area contributed by atoms with Crippen LogP contribution < -0.4 is 5.32 Å². The number of rotatable bonds is 3. The highest BCUT2D eigenvalue weighted by molar-refractivity contribution is 5.75. The minimum Gasteiger partial charge on any atom is -0.481 e. The standard InChI is InChI=1S/C12H18N4O2/c17-12(18)9-4-2-6-16-10(14-15-11(9)16)7-8-3-1-5-13-8/h8-9,13H,1-7H2,(H,17,18). The van der Waals surface area contributed by atoms with E-state index in [9.17, 15) is 9.90 Å². The van der Waals surface area contributed by atoms with Crippen molar-refractivity contribution in [3.8, 4) is 0 Å². The van der Waals surface area contributed by atoms with Crippen LogP contribution in [-0.4, -0.2) is 38.4 Å². The predicted octanol–water partition coefficient (Wildman–Crippen LogP) is 0.535. The number of aromatic nitrogens is 3. The van der Waals surface area contributed by atoms with E-state index in [1.54, 1.807) is 0 Å². The lowest BCUT2D eigenvalue weighted by Gasteiger charge is -2.21. The summed E-state index contributed by atoms with van der Waals surface area (Å²) in [6.07, 6.45) is 4.82. The Morgan fingerprint density at radius 3 is 3.00 bits per heavy atom. The number of nitrogens with zero attached hydrogens (tertiary/aromatic N) is 3. The molecule has 2 unspecified atom stereocenters. The maximum Gasteiger partial charge on any atom is 0.314 e. The topological polar surface area (TPSA) is 80.0 Å². The van der Waals surface area contributed by atoms with E-state index in [0.29, 0.717) is 18.3 Å². The number of aliphatic carboxylic acids is 1. The number of hydrogen-bond donors (Lipinski definition) is 2. The lowest BCUT2D eigenvalue weighted by Crippen LogP contribution is -2.27. The number of carboxylic acid groups (broad SMARTS) is 1. The first-order valence-corrected chi connectivity index (χ1v) is 6.64. The van der Waals surface area contributed by atoms with Gasteiger partial charge in [0.1, 0.15) is 17.6 Å². The quantitative estimate of drug-likeness (QED) is 0.818. The summed E-state index contributed by atoms with van der Waals surface area (Å²) < 4.78 is 2.02. The zero-order valence-corrected chi connectivity index (χ0v) is 10.3. The number of hydrogen-bond acceptors (Lipinski definition) is 4. The molecular weight excluding hydrogens is 232 g/mol. The lowest BCUT2D eigenvalue weighted by molar-refractivity contribution is -0.139. The Kier molecular flexibility index (Phi) is 3.03. The molecule has 2 aliphatic heterocycles. The summed E-state index contributed by atoms with van der Waals surface area (Å²) in [6.45, 7) is 1.93. The molecule has 2 aliphatic rings. The summed E-state index contributed by atoms with van der Waals surface area (Å²) in [5, 5.41) is 20.9. The SMILES string of the molecule is O=C(O)C1CCCn2c(CC3CCCN3)nnc21. The minimum atomic E-state index is -0.783. The van der Waals surface area contributed by atoms with Crippen LogP contribution in [0.25, 0.3) is 0 Å². The van der Waals surface area contributed by atoms with E-state index in [2.05, 4.69) is 15.5 Å². The molecule has 0 saturated carbocycles. The lowest BCUT2D eigenvalue weighted by atomic mass is 9.99. The van der Waals surface area contributed by atoms with Crippen LogP contribution in [0.2, 0.25) is 0 Å². The largest absolute Gasteiger partial charge is 0.481 e. The van der Waals surface area contributed by atoms with E-state index < -0.39 is 11.9 Å². The van der Waals surface area contributed by atoms with E-state index >= 15 is 0 Å². The fraction of sp³-hybridized carbons (Fsp3) is 0.750. The Morgan fingerprint density at radius 1 is 1.39 bits per heavy atom. The molecule has 2 N–H and O–H groups in total. The van der Waals surface area contributed by atoms with Gasteiger partial charge in [0, 0.05) is 19.0 Å². The highest BCUT2D eigenvalue weighted by atomic mass is 16.4. The van der Waals surface area contributed by atoms with Gasteiger partial charge in [-0.2, -0.15) is 0 Å². The third kappa shape index (κ3) is 2.01. The molecule has 0 aliphatic carbocycles. The van der Waals surface area contributed by atoms with Crippen LogP contribution in [0.15, 0.2) is 0 Å². The molecule has 6 nitrogen and oxygen atoms in total. The van der Waals surface area contributed by atoms with Crippen LogP contribution in [0.5, 0.6) is 0 Å². The maximum absolute atomic E-state index is 11.2. The first-order chi connectivity index (χ1) is 8.75. The molecule has 0 aromatic carbocycles. The van der Waals surface area contributed by atoms with Gasteiger partial charge in [0.25, 0.3) is 0 Å². The van der Waals surface area contributed by atoms with E-state index in [1.165, 1.54) is 12.8 Å². The summed E-state index contributed by atoms with van der Waals surface area (Å²) >= 11 is 0. The molecule has 3 heterocycles. The second-order valence-corrected chi connectivity index (χ2v) is 5.16. The van der Waals surface area contributed by atoms with E-state index in [4.69, 9.17) is 0 Å². The summed E-state index contributed by atoms with van der Waals surface area (Å²) in [5.41, 5.74) is 0. The van der Waals surface area contributed by atoms with Gasteiger partial charge in [-0.3, -0.25) is 4.79 Å². The molecule has 1 saturated heterocycles. The Morgan fingerprint density at radius 2 is 2.28 bits per heavy atom. The molecule has 1 aromatic heterocycles. The molecule has 1 aromatic rings. The average Bonchev–Trinajstić information content (AvgIpc) is 2.99. The first-order valence-electron chi connectivity index (χ1n) is 6.64. The Bertz CT molecular complexity index is 451. The summed E-state index contributed by atoms with van der Waals surface area (Å²) in [7, 11) is 0. The fourth-order valence-electron chi connectivity index (χ4n) is 2.97. The Balaban J connectivity index is 1.82. The smallest absolute Gasteiger partial charge is 0.314 e. The summed E-state index contributed by atoms with van der Waals surface area (Å²) in [4.78, 5) is 11.2. The van der Waals surface area contributed by atoms with Crippen molar-refractivity contribution in [2.45, 2.75) is 50.6 Å². The van der Waals surface area contributed by atoms with Crippen molar-refractivity contribution in [2.75, 3.05) is 6.54 Å². The van der Waals surface area contributed by atoms with Crippen LogP contribution >= 0.6 is 0 Å². The van der Waals surface area contributed by atoms with E-state index in [-0.39, 0.29) is 0 Å². The zero-order valence-electron chi connectivity index (χ0n) is 10.3. The van der Waals surface area contributed by atoms with Crippen molar-refractivity contribution < 1.29 is 9.90 Å². The molecule has 2 atom stereocenters. The molecule has 3 rings (SSSR count).